The van der Waals surface area contributed by atoms with Gasteiger partial charge in [-0.05, 0) is 12.8 Å². The van der Waals surface area contributed by atoms with Crippen LogP contribution in [0.2, 0.25) is 0 Å². The molecule has 0 aliphatic rings. The van der Waals surface area contributed by atoms with Crippen LogP contribution in [0.5, 0.6) is 0 Å². The number of hydrogen-bond donors (Lipinski definition) is 9. The lowest BCUT2D eigenvalue weighted by Crippen LogP contribution is -2.50. The summed E-state index contributed by atoms with van der Waals surface area (Å²) in [6, 6.07) is -1.52. The molecule has 0 aromatic rings. The maximum atomic E-state index is 11.6. The van der Waals surface area contributed by atoms with Crippen LogP contribution in [0.4, 0.5) is 0 Å². The zero-order valence-corrected chi connectivity index (χ0v) is 27.9. The molecular weight excluding hydrogens is 559 g/mol. The lowest BCUT2D eigenvalue weighted by atomic mass is 10.2. The van der Waals surface area contributed by atoms with Gasteiger partial charge in [-0.25, -0.2) is 0 Å². The first-order valence-electron chi connectivity index (χ1n) is 12.5. The van der Waals surface area contributed by atoms with Crippen LogP contribution < -0.4 is 15.4 Å². The molecule has 2 unspecified atom stereocenters. The number of carbonyl (C=O) groups excluding carboxylic acids is 3. The van der Waals surface area contributed by atoms with Gasteiger partial charge in [-0.15, -0.1) is 0 Å². The minimum atomic E-state index is -0.942. The summed E-state index contributed by atoms with van der Waals surface area (Å²) in [4.78, 5) is 43.7. The molecule has 0 aromatic carbocycles. The van der Waals surface area contributed by atoms with Gasteiger partial charge in [-0.2, -0.15) is 50.5 Å². The van der Waals surface area contributed by atoms with Gasteiger partial charge in [0.15, 0.2) is 0 Å². The van der Waals surface area contributed by atoms with E-state index in [9.17, 15) is 19.2 Å². The molecule has 0 aliphatic carbocycles. The minimum absolute atomic E-state index is 0.0880. The van der Waals surface area contributed by atoms with Crippen molar-refractivity contribution in [2.75, 3.05) is 6.54 Å². The predicted octanol–water partition coefficient (Wildman–Crippen LogP) is 5.11. The topological polar surface area (TPSA) is 125 Å². The minimum Gasteiger partial charge on any atom is -0.480 e. The highest BCUT2D eigenvalue weighted by molar-refractivity contribution is 7.99. The second-order valence-corrected chi connectivity index (χ2v) is 9.00. The van der Waals surface area contributed by atoms with Crippen molar-refractivity contribution >= 4 is 87.4 Å². The summed E-state index contributed by atoms with van der Waals surface area (Å²) in [6.07, 6.45) is 4.07. The van der Waals surface area contributed by atoms with Gasteiger partial charge in [0.1, 0.15) is 18.4 Å². The van der Waals surface area contributed by atoms with Crippen LogP contribution in [0.1, 0.15) is 94.4 Å². The summed E-state index contributed by atoms with van der Waals surface area (Å²) >= 11 is 19.5. The molecule has 0 aromatic heterocycles. The number of carbonyl (C=O) groups is 4. The Kier molecular flexibility index (Phi) is 56.8. The second kappa shape index (κ2) is 41.9. The van der Waals surface area contributed by atoms with E-state index in [2.05, 4.69) is 78.7 Å². The molecule has 0 saturated carbocycles. The van der Waals surface area contributed by atoms with Crippen LogP contribution in [0, 0.1) is 0 Å². The van der Waals surface area contributed by atoms with E-state index in [0.29, 0.717) is 19.1 Å². The molecule has 2 atom stereocenters. The molecule has 2 amide bonds. The molecular formula is C23H53N3O5S5. The van der Waals surface area contributed by atoms with Crippen molar-refractivity contribution in [2.24, 2.45) is 0 Å². The van der Waals surface area contributed by atoms with Crippen molar-refractivity contribution in [3.8, 4) is 0 Å². The van der Waals surface area contributed by atoms with Crippen LogP contribution in [0.15, 0.2) is 0 Å². The molecule has 13 heteroatoms. The van der Waals surface area contributed by atoms with Gasteiger partial charge in [0.25, 0.3) is 0 Å². The number of aldehydes is 1. The quantitative estimate of drug-likeness (QED) is 0.0618. The number of rotatable bonds is 13. The maximum Gasteiger partial charge on any atom is 0.321 e. The zero-order chi connectivity index (χ0) is 30.1. The standard InChI is InChI=1S/C11H20N2O3S2.C4H9NO2S3.4C2H6/c1-2-3-4-5-8(15)13-9(11(17)18)10(16)12-6-7-14;6-4(7)2(5-10)1-3(8)9;4*1-2/h7,9,11,17-18H,2-6H2,1H3,(H,12,16)(H,13,15);2-3,5,8-10H,1H2,(H,6,7);4*1-2H3. The molecule has 0 spiro atoms. The molecule has 220 valence electrons. The van der Waals surface area contributed by atoms with Gasteiger partial charge in [0.05, 0.1) is 11.1 Å². The lowest BCUT2D eigenvalue weighted by Gasteiger charge is -2.20. The maximum absolute atomic E-state index is 11.6. The normalized spacial score (nSPS) is 10.4. The number of nitrogens with one attached hydrogen (secondary N) is 3. The molecule has 0 rings (SSSR count). The molecule has 36 heavy (non-hydrogen) atoms. The third kappa shape index (κ3) is 38.3. The van der Waals surface area contributed by atoms with Gasteiger partial charge >= 0.3 is 5.97 Å². The monoisotopic (exact) mass is 611 g/mol. The summed E-state index contributed by atoms with van der Waals surface area (Å²) in [5.74, 6) is -1.60. The predicted molar refractivity (Wildman–Crippen MR) is 172 cm³/mol. The van der Waals surface area contributed by atoms with Crippen molar-refractivity contribution in [1.29, 1.82) is 0 Å². The number of amides is 2. The Balaban J connectivity index is -0.000000106. The third-order valence-electron chi connectivity index (χ3n) is 3.16. The van der Waals surface area contributed by atoms with Crippen LogP contribution in [0.25, 0.3) is 0 Å². The fourth-order valence-corrected chi connectivity index (χ4v) is 2.79. The Hall–Kier alpha value is -0.210. The van der Waals surface area contributed by atoms with Crippen LogP contribution in [-0.2, 0) is 19.2 Å². The highest BCUT2D eigenvalue weighted by atomic mass is 32.2. The number of hydrogen-bond acceptors (Lipinski definition) is 10. The Morgan fingerprint density at radius 2 is 1.36 bits per heavy atom. The first-order valence-corrected chi connectivity index (χ1v) is 15.0. The van der Waals surface area contributed by atoms with Gasteiger partial charge in [-0.3, -0.25) is 19.1 Å². The summed E-state index contributed by atoms with van der Waals surface area (Å²) < 4.78 is 1.48. The number of aliphatic carboxylic acids is 1. The number of unbranched alkanes of at least 4 members (excludes halogenated alkanes) is 2. The van der Waals surface area contributed by atoms with E-state index in [1.165, 1.54) is 0 Å². The van der Waals surface area contributed by atoms with Gasteiger partial charge < -0.3 is 20.5 Å². The SMILES string of the molecule is CC.CC.CC.CC.CCCCCC(=O)NC(C(=O)NCC=O)C(S)S.O=C(O)C(CC(S)S)NS. The van der Waals surface area contributed by atoms with E-state index in [-0.39, 0.29) is 17.0 Å². The molecule has 0 bridgehead atoms. The van der Waals surface area contributed by atoms with Crippen LogP contribution in [-0.4, -0.2) is 57.0 Å². The van der Waals surface area contributed by atoms with E-state index in [4.69, 9.17) is 5.11 Å². The summed E-state index contributed by atoms with van der Waals surface area (Å²) in [6.45, 7) is 18.0. The van der Waals surface area contributed by atoms with Crippen LogP contribution in [0.3, 0.4) is 0 Å². The van der Waals surface area contributed by atoms with Crippen LogP contribution >= 0.6 is 63.3 Å². The van der Waals surface area contributed by atoms with Crippen molar-refractivity contribution in [3.05, 3.63) is 0 Å². The average molecular weight is 612 g/mol. The number of thiol groups is 5. The van der Waals surface area contributed by atoms with Gasteiger partial charge in [0, 0.05) is 11.0 Å². The first kappa shape index (κ1) is 48.8. The lowest BCUT2D eigenvalue weighted by molar-refractivity contribution is -0.139. The van der Waals surface area contributed by atoms with E-state index in [1.807, 2.05) is 62.3 Å². The Labute approximate surface area is 248 Å². The third-order valence-corrected chi connectivity index (χ3v) is 4.49. The number of carboxylic acids is 1. The average Bonchev–Trinajstić information content (AvgIpc) is 2.89. The molecule has 0 aliphatic heterocycles. The highest BCUT2D eigenvalue weighted by Gasteiger charge is 2.24. The van der Waals surface area contributed by atoms with Crippen molar-refractivity contribution < 1.29 is 24.3 Å². The Morgan fingerprint density at radius 1 is 0.889 bits per heavy atom. The van der Waals surface area contributed by atoms with Crippen molar-refractivity contribution in [1.82, 2.24) is 15.4 Å². The second-order valence-electron chi connectivity index (χ2n) is 5.56. The molecule has 0 radical (unpaired) electrons. The number of carboxylic acid groups (broad SMARTS) is 1. The van der Waals surface area contributed by atoms with E-state index < -0.39 is 28.5 Å². The van der Waals surface area contributed by atoms with E-state index in [1.54, 1.807) is 0 Å². The molecule has 0 heterocycles. The van der Waals surface area contributed by atoms with Crippen molar-refractivity contribution in [3.63, 3.8) is 0 Å². The molecule has 4 N–H and O–H groups in total. The zero-order valence-electron chi connectivity index (χ0n) is 23.4. The molecule has 0 fully saturated rings. The van der Waals surface area contributed by atoms with E-state index >= 15 is 0 Å². The summed E-state index contributed by atoms with van der Waals surface area (Å²) in [5, 5.41) is 13.4. The largest absolute Gasteiger partial charge is 0.480 e. The summed E-state index contributed by atoms with van der Waals surface area (Å²) in [5.41, 5.74) is 0. The first-order chi connectivity index (χ1) is 17.1. The fraction of sp³-hybridized carbons (Fsp3) is 0.826. The Morgan fingerprint density at radius 3 is 1.64 bits per heavy atom. The van der Waals surface area contributed by atoms with E-state index in [0.717, 1.165) is 19.3 Å². The van der Waals surface area contributed by atoms with Gasteiger partial charge in [-0.1, -0.05) is 88.0 Å². The van der Waals surface area contributed by atoms with Crippen molar-refractivity contribution in [2.45, 2.75) is 116 Å². The van der Waals surface area contributed by atoms with Gasteiger partial charge in [0.2, 0.25) is 11.8 Å². The Bertz CT molecular complexity index is 489. The smallest absolute Gasteiger partial charge is 0.321 e. The summed E-state index contributed by atoms with van der Waals surface area (Å²) in [7, 11) is 0. The fourth-order valence-electron chi connectivity index (χ4n) is 1.73. The molecule has 0 saturated heterocycles. The highest BCUT2D eigenvalue weighted by Crippen LogP contribution is 2.09. The molecule has 8 nitrogen and oxygen atoms in total.